The molecule has 2 aromatic rings. The molecule has 0 bridgehead atoms. The van der Waals surface area contributed by atoms with E-state index >= 15 is 0 Å². The van der Waals surface area contributed by atoms with E-state index in [-0.39, 0.29) is 11.1 Å². The van der Waals surface area contributed by atoms with Crippen molar-refractivity contribution in [3.8, 4) is 6.07 Å². The van der Waals surface area contributed by atoms with Crippen LogP contribution in [0.3, 0.4) is 0 Å². The number of aromatic nitrogens is 2. The molecule has 0 saturated carbocycles. The Hall–Kier alpha value is -1.93. The lowest BCUT2D eigenvalue weighted by molar-refractivity contribution is 0.751. The van der Waals surface area contributed by atoms with Crippen molar-refractivity contribution >= 4 is 11.3 Å². The quantitative estimate of drug-likeness (QED) is 0.760. The molecule has 0 radical (unpaired) electrons. The van der Waals surface area contributed by atoms with E-state index in [9.17, 15) is 4.79 Å². The van der Waals surface area contributed by atoms with E-state index in [1.165, 1.54) is 22.0 Å². The van der Waals surface area contributed by atoms with E-state index in [0.29, 0.717) is 6.54 Å². The molecule has 0 amide bonds. The number of hydrogen-bond acceptors (Lipinski definition) is 4. The highest BCUT2D eigenvalue weighted by molar-refractivity contribution is 7.09. The number of thiazole rings is 1. The van der Waals surface area contributed by atoms with Crippen LogP contribution < -0.4 is 5.56 Å². The number of rotatable bonds is 2. The van der Waals surface area contributed by atoms with Gasteiger partial charge in [-0.3, -0.25) is 4.79 Å². The molecule has 0 fully saturated rings. The Morgan fingerprint density at radius 2 is 2.47 bits per heavy atom. The first-order valence-electron chi connectivity index (χ1n) is 4.29. The molecule has 4 nitrogen and oxygen atoms in total. The van der Waals surface area contributed by atoms with Gasteiger partial charge in [-0.2, -0.15) is 5.26 Å². The maximum absolute atomic E-state index is 11.6. The van der Waals surface area contributed by atoms with Crippen LogP contribution in [-0.2, 0) is 6.54 Å². The van der Waals surface area contributed by atoms with E-state index in [4.69, 9.17) is 5.26 Å². The van der Waals surface area contributed by atoms with E-state index in [2.05, 4.69) is 4.98 Å². The zero-order valence-electron chi connectivity index (χ0n) is 7.75. The lowest BCUT2D eigenvalue weighted by Crippen LogP contribution is -2.21. The second-order valence-corrected chi connectivity index (χ2v) is 3.87. The number of pyridine rings is 1. The van der Waals surface area contributed by atoms with Crippen LogP contribution in [0, 0.1) is 11.3 Å². The van der Waals surface area contributed by atoms with Crippen LogP contribution in [0.2, 0.25) is 0 Å². The average Bonchev–Trinajstić information content (AvgIpc) is 2.74. The van der Waals surface area contributed by atoms with Gasteiger partial charge >= 0.3 is 0 Å². The van der Waals surface area contributed by atoms with E-state index in [1.54, 1.807) is 18.5 Å². The Labute approximate surface area is 90.1 Å². The molecule has 5 heteroatoms. The van der Waals surface area contributed by atoms with Gasteiger partial charge in [-0.15, -0.1) is 11.3 Å². The van der Waals surface area contributed by atoms with Crippen molar-refractivity contribution in [1.29, 1.82) is 5.26 Å². The molecule has 2 aromatic heterocycles. The first-order valence-corrected chi connectivity index (χ1v) is 5.17. The number of hydrogen-bond donors (Lipinski definition) is 0. The molecule has 2 heterocycles. The van der Waals surface area contributed by atoms with E-state index < -0.39 is 0 Å². The topological polar surface area (TPSA) is 58.7 Å². The molecule has 0 atom stereocenters. The van der Waals surface area contributed by atoms with Crippen LogP contribution in [0.4, 0.5) is 0 Å². The van der Waals surface area contributed by atoms with Crippen molar-refractivity contribution in [2.45, 2.75) is 6.54 Å². The first-order chi connectivity index (χ1) is 7.31. The predicted octanol–water partition coefficient (Wildman–Crippen LogP) is 1.22. The highest BCUT2D eigenvalue weighted by Crippen LogP contribution is 2.05. The molecular formula is C10H7N3OS. The second kappa shape index (κ2) is 4.07. The third-order valence-electron chi connectivity index (χ3n) is 1.93. The van der Waals surface area contributed by atoms with Crippen LogP contribution in [0.5, 0.6) is 0 Å². The molecule has 2 rings (SSSR count). The molecular weight excluding hydrogens is 210 g/mol. The lowest BCUT2D eigenvalue weighted by Gasteiger charge is -2.01. The normalized spacial score (nSPS) is 9.80. The fourth-order valence-corrected chi connectivity index (χ4v) is 1.84. The van der Waals surface area contributed by atoms with Gasteiger partial charge in [0.05, 0.1) is 6.54 Å². The summed E-state index contributed by atoms with van der Waals surface area (Å²) in [5.41, 5.74) is -0.107. The summed E-state index contributed by atoms with van der Waals surface area (Å²) >= 11 is 1.49. The molecule has 0 spiro atoms. The summed E-state index contributed by atoms with van der Waals surface area (Å²) in [6, 6.07) is 5.07. The van der Waals surface area contributed by atoms with Gasteiger partial charge < -0.3 is 4.57 Å². The fourth-order valence-electron chi connectivity index (χ4n) is 1.22. The molecule has 74 valence electrons. The number of nitrogens with zero attached hydrogens (tertiary/aromatic N) is 3. The van der Waals surface area contributed by atoms with Crippen molar-refractivity contribution in [3.05, 3.63) is 50.8 Å². The molecule has 0 unspecified atom stereocenters. The smallest absolute Gasteiger partial charge is 0.268 e. The van der Waals surface area contributed by atoms with Crippen molar-refractivity contribution in [3.63, 3.8) is 0 Å². The van der Waals surface area contributed by atoms with Gasteiger partial charge in [-0.1, -0.05) is 0 Å². The van der Waals surface area contributed by atoms with E-state index in [0.717, 1.165) is 5.01 Å². The fraction of sp³-hybridized carbons (Fsp3) is 0.100. The third kappa shape index (κ3) is 1.95. The standard InChI is InChI=1S/C10H7N3OS/c11-6-8-2-1-4-13(10(8)14)7-9-12-3-5-15-9/h1-5H,7H2. The Morgan fingerprint density at radius 3 is 3.13 bits per heavy atom. The van der Waals surface area contributed by atoms with Crippen molar-refractivity contribution in [2.75, 3.05) is 0 Å². The van der Waals surface area contributed by atoms with Gasteiger partial charge in [-0.25, -0.2) is 4.98 Å². The molecule has 0 aromatic carbocycles. The maximum atomic E-state index is 11.6. The van der Waals surface area contributed by atoms with Crippen LogP contribution in [0.15, 0.2) is 34.7 Å². The van der Waals surface area contributed by atoms with Gasteiger partial charge in [0, 0.05) is 17.8 Å². The highest BCUT2D eigenvalue weighted by atomic mass is 32.1. The van der Waals surface area contributed by atoms with Gasteiger partial charge in [0.1, 0.15) is 16.6 Å². The van der Waals surface area contributed by atoms with Gasteiger partial charge in [0.15, 0.2) is 0 Å². The molecule has 0 aliphatic rings. The lowest BCUT2D eigenvalue weighted by atomic mass is 10.3. The third-order valence-corrected chi connectivity index (χ3v) is 2.69. The molecule has 0 saturated heterocycles. The summed E-state index contributed by atoms with van der Waals surface area (Å²) in [6.45, 7) is 0.423. The summed E-state index contributed by atoms with van der Waals surface area (Å²) < 4.78 is 1.48. The first kappa shape index (κ1) is 9.62. The van der Waals surface area contributed by atoms with Gasteiger partial charge in [-0.05, 0) is 12.1 Å². The SMILES string of the molecule is N#Cc1cccn(Cc2nccs2)c1=O. The Morgan fingerprint density at radius 1 is 1.60 bits per heavy atom. The Kier molecular flexibility index (Phi) is 2.61. The maximum Gasteiger partial charge on any atom is 0.268 e. The summed E-state index contributed by atoms with van der Waals surface area (Å²) in [6.07, 6.45) is 3.35. The van der Waals surface area contributed by atoms with Crippen LogP contribution >= 0.6 is 11.3 Å². The minimum absolute atomic E-state index is 0.161. The largest absolute Gasteiger partial charge is 0.308 e. The summed E-state index contributed by atoms with van der Waals surface area (Å²) in [4.78, 5) is 15.7. The average molecular weight is 217 g/mol. The summed E-state index contributed by atoms with van der Waals surface area (Å²) in [7, 11) is 0. The zero-order valence-corrected chi connectivity index (χ0v) is 8.57. The molecule has 15 heavy (non-hydrogen) atoms. The zero-order chi connectivity index (χ0) is 10.7. The second-order valence-electron chi connectivity index (χ2n) is 2.89. The molecule has 0 N–H and O–H groups in total. The summed E-state index contributed by atoms with van der Waals surface area (Å²) in [5, 5.41) is 11.4. The number of nitriles is 1. The van der Waals surface area contributed by atoms with Crippen LogP contribution in [0.1, 0.15) is 10.6 Å². The van der Waals surface area contributed by atoms with Gasteiger partial charge in [0.25, 0.3) is 5.56 Å². The predicted molar refractivity (Wildman–Crippen MR) is 56.6 cm³/mol. The Bertz CT molecular complexity index is 551. The van der Waals surface area contributed by atoms with E-state index in [1.807, 2.05) is 11.4 Å². The minimum atomic E-state index is -0.268. The van der Waals surface area contributed by atoms with Crippen molar-refractivity contribution in [2.24, 2.45) is 0 Å². The van der Waals surface area contributed by atoms with Crippen molar-refractivity contribution < 1.29 is 0 Å². The molecule has 0 aliphatic carbocycles. The Balaban J connectivity index is 2.39. The van der Waals surface area contributed by atoms with Crippen LogP contribution in [-0.4, -0.2) is 9.55 Å². The molecule has 0 aliphatic heterocycles. The monoisotopic (exact) mass is 217 g/mol. The highest BCUT2D eigenvalue weighted by Gasteiger charge is 2.03. The van der Waals surface area contributed by atoms with Crippen molar-refractivity contribution in [1.82, 2.24) is 9.55 Å². The summed E-state index contributed by atoms with van der Waals surface area (Å²) in [5.74, 6) is 0. The van der Waals surface area contributed by atoms with Crippen LogP contribution in [0.25, 0.3) is 0 Å². The van der Waals surface area contributed by atoms with Gasteiger partial charge in [0.2, 0.25) is 0 Å². The minimum Gasteiger partial charge on any atom is -0.308 e.